The lowest BCUT2D eigenvalue weighted by Crippen LogP contribution is -2.14. The Morgan fingerprint density at radius 1 is 1.35 bits per heavy atom. The Morgan fingerprint density at radius 3 is 2.70 bits per heavy atom. The number of aliphatic hydroxyl groups excluding tert-OH is 1. The molecule has 3 N–H and O–H groups in total. The number of nitrogens with zero attached hydrogens (tertiary/aromatic N) is 3. The molecule has 0 bridgehead atoms. The summed E-state index contributed by atoms with van der Waals surface area (Å²) in [5, 5.41) is 16.5. The fourth-order valence-electron chi connectivity index (χ4n) is 2.55. The van der Waals surface area contributed by atoms with Gasteiger partial charge in [0.1, 0.15) is 5.39 Å². The second kappa shape index (κ2) is 6.13. The Bertz CT molecular complexity index is 908. The van der Waals surface area contributed by atoms with E-state index in [-0.39, 0.29) is 12.2 Å². The third kappa shape index (κ3) is 2.99. The van der Waals surface area contributed by atoms with Gasteiger partial charge in [0.2, 0.25) is 5.95 Å². The topological polar surface area (TPSA) is 95.8 Å². The van der Waals surface area contributed by atoms with Gasteiger partial charge in [-0.2, -0.15) is 4.98 Å². The largest absolute Gasteiger partial charge is 0.395 e. The van der Waals surface area contributed by atoms with E-state index in [0.717, 1.165) is 21.3 Å². The lowest BCUT2D eigenvalue weighted by atomic mass is 10.1. The maximum atomic E-state index is 12.2. The van der Waals surface area contributed by atoms with Crippen molar-refractivity contribution in [3.63, 3.8) is 0 Å². The zero-order valence-electron chi connectivity index (χ0n) is 12.7. The Kier molecular flexibility index (Phi) is 4.18. The van der Waals surface area contributed by atoms with Gasteiger partial charge in [-0.15, -0.1) is 5.10 Å². The van der Waals surface area contributed by atoms with Crippen molar-refractivity contribution >= 4 is 32.9 Å². The molecule has 2 aromatic heterocycles. The first-order chi connectivity index (χ1) is 11.0. The number of aromatic amines is 1. The van der Waals surface area contributed by atoms with Crippen LogP contribution >= 0.6 is 15.9 Å². The molecule has 0 atom stereocenters. The van der Waals surface area contributed by atoms with Crippen LogP contribution in [0.2, 0.25) is 0 Å². The summed E-state index contributed by atoms with van der Waals surface area (Å²) in [6.45, 7) is 4.24. The minimum atomic E-state index is -0.269. The molecule has 0 amide bonds. The number of anilines is 1. The van der Waals surface area contributed by atoms with Gasteiger partial charge in [-0.3, -0.25) is 9.78 Å². The maximum absolute atomic E-state index is 12.2. The zero-order valence-corrected chi connectivity index (χ0v) is 14.3. The van der Waals surface area contributed by atoms with E-state index in [1.807, 2.05) is 26.0 Å². The summed E-state index contributed by atoms with van der Waals surface area (Å²) in [4.78, 5) is 19.1. The van der Waals surface area contributed by atoms with Crippen LogP contribution < -0.4 is 10.9 Å². The first-order valence-electron chi connectivity index (χ1n) is 7.11. The lowest BCUT2D eigenvalue weighted by Gasteiger charge is -2.10. The fraction of sp³-hybridized carbons (Fsp3) is 0.267. The van der Waals surface area contributed by atoms with Gasteiger partial charge < -0.3 is 10.4 Å². The summed E-state index contributed by atoms with van der Waals surface area (Å²) in [6, 6.07) is 4.00. The zero-order chi connectivity index (χ0) is 16.6. The van der Waals surface area contributed by atoms with Gasteiger partial charge in [0.05, 0.1) is 12.3 Å². The number of fused-ring (bicyclic) bond motifs is 1. The summed E-state index contributed by atoms with van der Waals surface area (Å²) in [6.07, 6.45) is 1.68. The van der Waals surface area contributed by atoms with Crippen molar-refractivity contribution in [1.29, 1.82) is 0 Å². The smallest absolute Gasteiger partial charge is 0.263 e. The van der Waals surface area contributed by atoms with E-state index in [2.05, 4.69) is 36.3 Å². The number of hydrogen-bond donors (Lipinski definition) is 3. The van der Waals surface area contributed by atoms with Crippen molar-refractivity contribution in [2.75, 3.05) is 18.5 Å². The molecule has 7 nitrogen and oxygen atoms in total. The first-order valence-corrected chi connectivity index (χ1v) is 7.90. The molecule has 0 spiro atoms. The van der Waals surface area contributed by atoms with Crippen molar-refractivity contribution < 1.29 is 5.11 Å². The van der Waals surface area contributed by atoms with Gasteiger partial charge >= 0.3 is 0 Å². The third-order valence-corrected chi connectivity index (χ3v) is 3.94. The number of rotatable bonds is 4. The highest BCUT2D eigenvalue weighted by atomic mass is 79.9. The predicted octanol–water partition coefficient (Wildman–Crippen LogP) is 1.89. The second-order valence-electron chi connectivity index (χ2n) is 5.26. The molecule has 3 aromatic rings. The average molecular weight is 378 g/mol. The van der Waals surface area contributed by atoms with Crippen LogP contribution in [-0.2, 0) is 0 Å². The molecule has 120 valence electrons. The SMILES string of the molecule is Cc1cc(Br)cc(C)c1-n1cc2c(=O)[nH]c(NCCO)nc2n1. The van der Waals surface area contributed by atoms with Crippen LogP contribution in [0.25, 0.3) is 16.7 Å². The van der Waals surface area contributed by atoms with Crippen LogP contribution in [0.3, 0.4) is 0 Å². The Balaban J connectivity index is 2.14. The highest BCUT2D eigenvalue weighted by Crippen LogP contribution is 2.24. The van der Waals surface area contributed by atoms with E-state index < -0.39 is 0 Å². The van der Waals surface area contributed by atoms with Crippen molar-refractivity contribution in [2.24, 2.45) is 0 Å². The molecule has 0 fully saturated rings. The summed E-state index contributed by atoms with van der Waals surface area (Å²) in [7, 11) is 0. The summed E-state index contributed by atoms with van der Waals surface area (Å²) in [5.74, 6) is 0.297. The summed E-state index contributed by atoms with van der Waals surface area (Å²) >= 11 is 3.47. The Morgan fingerprint density at radius 2 is 2.04 bits per heavy atom. The van der Waals surface area contributed by atoms with Crippen molar-refractivity contribution in [1.82, 2.24) is 19.7 Å². The van der Waals surface area contributed by atoms with Gasteiger partial charge in [-0.1, -0.05) is 15.9 Å². The number of nitrogens with one attached hydrogen (secondary N) is 2. The molecule has 0 saturated carbocycles. The van der Waals surface area contributed by atoms with E-state index in [4.69, 9.17) is 5.11 Å². The van der Waals surface area contributed by atoms with E-state index in [0.29, 0.717) is 23.5 Å². The minimum absolute atomic E-state index is 0.0481. The normalized spacial score (nSPS) is 11.1. The quantitative estimate of drug-likeness (QED) is 0.645. The van der Waals surface area contributed by atoms with Crippen molar-refractivity contribution in [2.45, 2.75) is 13.8 Å². The van der Waals surface area contributed by atoms with Crippen molar-refractivity contribution in [3.05, 3.63) is 44.3 Å². The van der Waals surface area contributed by atoms with Gasteiger partial charge in [0.25, 0.3) is 5.56 Å². The lowest BCUT2D eigenvalue weighted by molar-refractivity contribution is 0.311. The monoisotopic (exact) mass is 377 g/mol. The molecular formula is C15H16BrN5O2. The van der Waals surface area contributed by atoms with Crippen LogP contribution in [-0.4, -0.2) is 38.0 Å². The van der Waals surface area contributed by atoms with E-state index in [1.165, 1.54) is 0 Å². The number of aliphatic hydroxyl groups is 1. The third-order valence-electron chi connectivity index (χ3n) is 3.48. The molecule has 0 saturated heterocycles. The second-order valence-corrected chi connectivity index (χ2v) is 6.18. The molecule has 0 aliphatic heterocycles. The van der Waals surface area contributed by atoms with Gasteiger partial charge in [0, 0.05) is 17.2 Å². The molecule has 2 heterocycles. The number of aromatic nitrogens is 4. The van der Waals surface area contributed by atoms with E-state index in [1.54, 1.807) is 10.9 Å². The van der Waals surface area contributed by atoms with Gasteiger partial charge in [-0.05, 0) is 37.1 Å². The number of halogens is 1. The molecule has 0 unspecified atom stereocenters. The Labute approximate surface area is 140 Å². The predicted molar refractivity (Wildman–Crippen MR) is 92.2 cm³/mol. The average Bonchev–Trinajstić information content (AvgIpc) is 2.88. The molecule has 1 aromatic carbocycles. The highest BCUT2D eigenvalue weighted by Gasteiger charge is 2.13. The van der Waals surface area contributed by atoms with Crippen LogP contribution in [0.5, 0.6) is 0 Å². The fourth-order valence-corrected chi connectivity index (χ4v) is 3.24. The molecule has 23 heavy (non-hydrogen) atoms. The van der Waals surface area contributed by atoms with E-state index >= 15 is 0 Å². The molecule has 8 heteroatoms. The number of aryl methyl sites for hydroxylation is 2. The molecule has 0 aliphatic rings. The van der Waals surface area contributed by atoms with Crippen LogP contribution in [0, 0.1) is 13.8 Å². The van der Waals surface area contributed by atoms with E-state index in [9.17, 15) is 4.79 Å². The minimum Gasteiger partial charge on any atom is -0.395 e. The molecule has 0 radical (unpaired) electrons. The van der Waals surface area contributed by atoms with Crippen LogP contribution in [0.1, 0.15) is 11.1 Å². The van der Waals surface area contributed by atoms with Gasteiger partial charge in [0.15, 0.2) is 5.65 Å². The van der Waals surface area contributed by atoms with Crippen molar-refractivity contribution in [3.8, 4) is 5.69 Å². The molecular weight excluding hydrogens is 362 g/mol. The maximum Gasteiger partial charge on any atom is 0.263 e. The first kappa shape index (κ1) is 15.7. The van der Waals surface area contributed by atoms with Crippen LogP contribution in [0.15, 0.2) is 27.6 Å². The van der Waals surface area contributed by atoms with Gasteiger partial charge in [-0.25, -0.2) is 4.68 Å². The number of benzene rings is 1. The standard InChI is InChI=1S/C15H16BrN5O2/c1-8-5-10(16)6-9(2)12(8)21-7-11-13(20-21)18-15(17-3-4-22)19-14(11)23/h5-7,22H,3-4H2,1-2H3,(H2,17,18,19,20,23). The number of H-pyrrole nitrogens is 1. The molecule has 0 aliphatic carbocycles. The summed E-state index contributed by atoms with van der Waals surface area (Å²) in [5.41, 5.74) is 3.10. The number of hydrogen-bond acceptors (Lipinski definition) is 5. The molecule has 3 rings (SSSR count). The van der Waals surface area contributed by atoms with Crippen LogP contribution in [0.4, 0.5) is 5.95 Å². The Hall–Kier alpha value is -2.19. The highest BCUT2D eigenvalue weighted by molar-refractivity contribution is 9.10. The summed E-state index contributed by atoms with van der Waals surface area (Å²) < 4.78 is 2.68.